The molecule has 2 spiro atoms. The van der Waals surface area contributed by atoms with E-state index in [9.17, 15) is 13.6 Å². The Hall–Kier alpha value is -3.00. The van der Waals surface area contributed by atoms with Gasteiger partial charge in [-0.25, -0.2) is 13.8 Å². The summed E-state index contributed by atoms with van der Waals surface area (Å²) in [5.74, 6) is -0.787. The molecular weight excluding hydrogens is 392 g/mol. The van der Waals surface area contributed by atoms with Crippen molar-refractivity contribution < 1.29 is 23.0 Å². The van der Waals surface area contributed by atoms with Gasteiger partial charge in [0.25, 0.3) is 5.91 Å². The first-order chi connectivity index (χ1) is 14.3. The molecule has 0 bridgehead atoms. The molecule has 3 aliphatic rings. The minimum absolute atomic E-state index is 0.102. The molecule has 3 heterocycles. The van der Waals surface area contributed by atoms with Gasteiger partial charge in [0.2, 0.25) is 0 Å². The fourth-order valence-corrected chi connectivity index (χ4v) is 4.70. The number of guanidine groups is 1. The zero-order chi connectivity index (χ0) is 21.1. The van der Waals surface area contributed by atoms with Gasteiger partial charge < -0.3 is 15.2 Å². The van der Waals surface area contributed by atoms with E-state index in [0.717, 1.165) is 31.0 Å². The average molecular weight is 413 g/mol. The van der Waals surface area contributed by atoms with Gasteiger partial charge in [-0.1, -0.05) is 6.07 Å². The number of benzene rings is 2. The third-order valence-corrected chi connectivity index (χ3v) is 6.16. The maximum atomic E-state index is 14.4. The van der Waals surface area contributed by atoms with Gasteiger partial charge in [-0.05, 0) is 48.7 Å². The number of hydrogen-bond donors (Lipinski definition) is 1. The number of ether oxygens (including phenoxy) is 2. The zero-order valence-electron chi connectivity index (χ0n) is 16.5. The molecule has 0 aliphatic carbocycles. The number of likely N-dealkylation sites (N-methyl/N-ethyl adjacent to an activating group) is 1. The fraction of sp³-hybridized carbons (Fsp3) is 0.364. The maximum absolute atomic E-state index is 14.4. The first-order valence-corrected chi connectivity index (χ1v) is 9.84. The van der Waals surface area contributed by atoms with E-state index in [2.05, 4.69) is 4.99 Å². The van der Waals surface area contributed by atoms with E-state index >= 15 is 0 Å². The van der Waals surface area contributed by atoms with Crippen LogP contribution in [-0.4, -0.2) is 42.6 Å². The Labute approximate surface area is 172 Å². The quantitative estimate of drug-likeness (QED) is 0.780. The summed E-state index contributed by atoms with van der Waals surface area (Å²) in [6, 6.07) is 8.26. The highest BCUT2D eigenvalue weighted by molar-refractivity contribution is 6.07. The highest BCUT2D eigenvalue weighted by Gasteiger charge is 2.58. The van der Waals surface area contributed by atoms with Crippen molar-refractivity contribution in [2.45, 2.75) is 30.4 Å². The van der Waals surface area contributed by atoms with E-state index in [1.165, 1.54) is 4.90 Å². The summed E-state index contributed by atoms with van der Waals surface area (Å²) in [5, 5.41) is 0. The van der Waals surface area contributed by atoms with Crippen molar-refractivity contribution in [3.8, 4) is 16.9 Å². The van der Waals surface area contributed by atoms with Crippen molar-refractivity contribution in [2.24, 2.45) is 10.7 Å². The van der Waals surface area contributed by atoms with Gasteiger partial charge in [-0.15, -0.1) is 0 Å². The standard InChI is InChI=1S/C22H21F2N3O3/c1-27-19(28)22(26-20(27)25)11-21(7-2-8-29-12-21)30-18-6-3-13(9-16(18)22)15-10-14(23)4-5-17(15)24/h3-6,9-10H,2,7-8,11-12H2,1H3,(H2,25,26). The van der Waals surface area contributed by atoms with E-state index in [1.54, 1.807) is 25.2 Å². The van der Waals surface area contributed by atoms with Gasteiger partial charge in [-0.3, -0.25) is 9.69 Å². The second kappa shape index (κ2) is 6.50. The summed E-state index contributed by atoms with van der Waals surface area (Å²) < 4.78 is 40.2. The number of nitrogens with zero attached hydrogens (tertiary/aromatic N) is 2. The number of rotatable bonds is 1. The molecule has 2 N–H and O–H groups in total. The molecule has 0 saturated carbocycles. The number of aliphatic imine (C=N–C) groups is 1. The lowest BCUT2D eigenvalue weighted by molar-refractivity contribution is -0.139. The van der Waals surface area contributed by atoms with E-state index < -0.39 is 22.8 Å². The average Bonchev–Trinajstić information content (AvgIpc) is 2.94. The minimum Gasteiger partial charge on any atom is -0.484 e. The summed E-state index contributed by atoms with van der Waals surface area (Å²) >= 11 is 0. The maximum Gasteiger partial charge on any atom is 0.261 e. The highest BCUT2D eigenvalue weighted by Crippen LogP contribution is 2.51. The molecule has 2 unspecified atom stereocenters. The summed E-state index contributed by atoms with van der Waals surface area (Å²) in [7, 11) is 1.57. The molecule has 3 aliphatic heterocycles. The Kier molecular flexibility index (Phi) is 4.12. The van der Waals surface area contributed by atoms with Crippen LogP contribution in [0.5, 0.6) is 5.75 Å². The normalized spacial score (nSPS) is 27.9. The van der Waals surface area contributed by atoms with Crippen LogP contribution in [-0.2, 0) is 15.1 Å². The molecule has 6 nitrogen and oxygen atoms in total. The molecule has 0 aromatic heterocycles. The van der Waals surface area contributed by atoms with Crippen LogP contribution in [0, 0.1) is 11.6 Å². The molecule has 0 radical (unpaired) electrons. The van der Waals surface area contributed by atoms with Gasteiger partial charge in [-0.2, -0.15) is 0 Å². The molecule has 1 saturated heterocycles. The molecular formula is C22H21F2N3O3. The molecule has 1 amide bonds. The van der Waals surface area contributed by atoms with Crippen LogP contribution >= 0.6 is 0 Å². The number of hydrogen-bond acceptors (Lipinski definition) is 5. The van der Waals surface area contributed by atoms with Gasteiger partial charge >= 0.3 is 0 Å². The van der Waals surface area contributed by atoms with Crippen molar-refractivity contribution in [1.29, 1.82) is 0 Å². The van der Waals surface area contributed by atoms with Crippen molar-refractivity contribution in [1.82, 2.24) is 4.90 Å². The van der Waals surface area contributed by atoms with Gasteiger partial charge in [0, 0.05) is 31.2 Å². The van der Waals surface area contributed by atoms with Crippen molar-refractivity contribution in [2.75, 3.05) is 20.3 Å². The summed E-state index contributed by atoms with van der Waals surface area (Å²) in [6.45, 7) is 0.989. The third-order valence-electron chi connectivity index (χ3n) is 6.16. The summed E-state index contributed by atoms with van der Waals surface area (Å²) in [6.07, 6.45) is 1.80. The molecule has 5 rings (SSSR count). The lowest BCUT2D eigenvalue weighted by Gasteiger charge is -2.46. The topological polar surface area (TPSA) is 77.2 Å². The van der Waals surface area contributed by atoms with Gasteiger partial charge in [0.15, 0.2) is 11.5 Å². The largest absolute Gasteiger partial charge is 0.484 e. The second-order valence-corrected chi connectivity index (χ2v) is 8.15. The smallest absolute Gasteiger partial charge is 0.261 e. The zero-order valence-corrected chi connectivity index (χ0v) is 16.5. The Balaban J connectivity index is 1.70. The number of carbonyl (C=O) groups is 1. The third kappa shape index (κ3) is 2.70. The second-order valence-electron chi connectivity index (χ2n) is 8.15. The minimum atomic E-state index is -1.28. The van der Waals surface area contributed by atoms with Gasteiger partial charge in [0.1, 0.15) is 23.0 Å². The summed E-state index contributed by atoms with van der Waals surface area (Å²) in [5.41, 5.74) is 5.07. The van der Waals surface area contributed by atoms with Crippen molar-refractivity contribution in [3.05, 3.63) is 53.6 Å². The molecule has 2 aromatic rings. The Morgan fingerprint density at radius 1 is 1.20 bits per heavy atom. The molecule has 30 heavy (non-hydrogen) atoms. The van der Waals surface area contributed by atoms with Crippen LogP contribution in [0.1, 0.15) is 24.8 Å². The number of carbonyl (C=O) groups excluding carboxylic acids is 1. The highest BCUT2D eigenvalue weighted by atomic mass is 19.1. The van der Waals surface area contributed by atoms with Crippen molar-refractivity contribution >= 4 is 11.9 Å². The lowest BCUT2D eigenvalue weighted by atomic mass is 9.74. The van der Waals surface area contributed by atoms with Crippen LogP contribution in [0.2, 0.25) is 0 Å². The molecule has 2 aromatic carbocycles. The first-order valence-electron chi connectivity index (χ1n) is 9.84. The van der Waals surface area contributed by atoms with Crippen molar-refractivity contribution in [3.63, 3.8) is 0 Å². The van der Waals surface area contributed by atoms with Crippen LogP contribution in [0.25, 0.3) is 11.1 Å². The van der Waals surface area contributed by atoms with Crippen LogP contribution < -0.4 is 10.5 Å². The molecule has 2 atom stereocenters. The molecule has 1 fully saturated rings. The van der Waals surface area contributed by atoms with E-state index in [0.29, 0.717) is 30.1 Å². The number of halogens is 2. The summed E-state index contributed by atoms with van der Waals surface area (Å²) in [4.78, 5) is 19.2. The fourth-order valence-electron chi connectivity index (χ4n) is 4.70. The molecule has 8 heteroatoms. The van der Waals surface area contributed by atoms with Crippen LogP contribution in [0.4, 0.5) is 8.78 Å². The number of amides is 1. The van der Waals surface area contributed by atoms with E-state index in [-0.39, 0.29) is 23.9 Å². The monoisotopic (exact) mass is 413 g/mol. The van der Waals surface area contributed by atoms with Gasteiger partial charge in [0.05, 0.1) is 6.61 Å². The number of nitrogens with two attached hydrogens (primary N) is 1. The molecule has 156 valence electrons. The SMILES string of the molecule is CN1C(=O)C2(CC3(CCCOC3)Oc3ccc(-c4cc(F)ccc4F)cc32)N=C1N. The van der Waals surface area contributed by atoms with Crippen LogP contribution in [0.3, 0.4) is 0 Å². The Morgan fingerprint density at radius 2 is 2.03 bits per heavy atom. The predicted octanol–water partition coefficient (Wildman–Crippen LogP) is 2.95. The van der Waals surface area contributed by atoms with E-state index in [1.807, 2.05) is 0 Å². The predicted molar refractivity (Wildman–Crippen MR) is 106 cm³/mol. The Bertz CT molecular complexity index is 1080. The van der Waals surface area contributed by atoms with E-state index in [4.69, 9.17) is 15.2 Å². The Morgan fingerprint density at radius 3 is 2.73 bits per heavy atom. The van der Waals surface area contributed by atoms with Crippen LogP contribution in [0.15, 0.2) is 41.4 Å². The lowest BCUT2D eigenvalue weighted by Crippen LogP contribution is -2.55. The first kappa shape index (κ1) is 19.0. The number of fused-ring (bicyclic) bond motifs is 2.